The molecule has 0 saturated carbocycles. The van der Waals surface area contributed by atoms with Crippen molar-refractivity contribution in [2.45, 2.75) is 373 Å². The van der Waals surface area contributed by atoms with Crippen LogP contribution >= 0.6 is 0 Å². The zero-order chi connectivity index (χ0) is 53.6. The molecule has 0 fully saturated rings. The molecule has 0 radical (unpaired) electrons. The molecule has 0 heterocycles. The SMILES string of the molecule is CCCCCCCCCCCCCC/C=C/C(O)C(CO)NC(=O)CCCCCCCCCCC/C=C\C/C=C\CCCCCCCCCCCOC(=O)CCCCCCCCCCCCCCCCCCCC. The largest absolute Gasteiger partial charge is 0.466 e. The first kappa shape index (κ1) is 72.1. The molecule has 3 N–H and O–H groups in total. The molecule has 0 rings (SSSR count). The molecule has 0 aromatic heterocycles. The Labute approximate surface area is 462 Å². The van der Waals surface area contributed by atoms with E-state index in [1.807, 2.05) is 6.08 Å². The van der Waals surface area contributed by atoms with Gasteiger partial charge in [-0.1, -0.05) is 320 Å². The van der Waals surface area contributed by atoms with Crippen LogP contribution in [0, 0.1) is 0 Å². The molecule has 0 aromatic rings. The van der Waals surface area contributed by atoms with Gasteiger partial charge in [0.1, 0.15) is 0 Å². The highest BCUT2D eigenvalue weighted by Gasteiger charge is 2.18. The van der Waals surface area contributed by atoms with Gasteiger partial charge in [0, 0.05) is 12.8 Å². The summed E-state index contributed by atoms with van der Waals surface area (Å²) in [5.74, 6) is -0.0599. The van der Waals surface area contributed by atoms with E-state index in [1.165, 1.54) is 289 Å². The average molecular weight is 1040 g/mol. The summed E-state index contributed by atoms with van der Waals surface area (Å²) in [6.07, 6.45) is 80.6. The molecule has 0 aliphatic heterocycles. The number of ether oxygens (including phenoxy) is 1. The average Bonchev–Trinajstić information content (AvgIpc) is 3.40. The fraction of sp³-hybridized carbons (Fsp3) is 0.882. The molecule has 74 heavy (non-hydrogen) atoms. The second kappa shape index (κ2) is 63.6. The molecule has 2 unspecified atom stereocenters. The number of aliphatic hydroxyl groups excluding tert-OH is 2. The lowest BCUT2D eigenvalue weighted by Gasteiger charge is -2.20. The van der Waals surface area contributed by atoms with E-state index in [1.54, 1.807) is 6.08 Å². The van der Waals surface area contributed by atoms with Crippen LogP contribution in [0.3, 0.4) is 0 Å². The number of hydrogen-bond acceptors (Lipinski definition) is 5. The van der Waals surface area contributed by atoms with E-state index in [4.69, 9.17) is 4.74 Å². The molecule has 0 bridgehead atoms. The number of esters is 1. The number of rotatable bonds is 62. The van der Waals surface area contributed by atoms with Crippen molar-refractivity contribution in [3.63, 3.8) is 0 Å². The lowest BCUT2D eigenvalue weighted by atomic mass is 10.0. The summed E-state index contributed by atoms with van der Waals surface area (Å²) in [5, 5.41) is 23.1. The minimum absolute atomic E-state index is 0.0132. The van der Waals surface area contributed by atoms with Gasteiger partial charge in [0.2, 0.25) is 5.91 Å². The van der Waals surface area contributed by atoms with Crippen molar-refractivity contribution in [1.29, 1.82) is 0 Å². The van der Waals surface area contributed by atoms with Gasteiger partial charge in [-0.15, -0.1) is 0 Å². The maximum absolute atomic E-state index is 12.5. The number of hydrogen-bond donors (Lipinski definition) is 3. The van der Waals surface area contributed by atoms with E-state index in [-0.39, 0.29) is 18.5 Å². The molecule has 436 valence electrons. The van der Waals surface area contributed by atoms with Gasteiger partial charge >= 0.3 is 5.97 Å². The normalized spacial score (nSPS) is 12.8. The minimum atomic E-state index is -0.848. The Bertz CT molecular complexity index is 1200. The number of carbonyl (C=O) groups is 2. The Morgan fingerprint density at radius 2 is 0.676 bits per heavy atom. The Hall–Kier alpha value is -1.92. The van der Waals surface area contributed by atoms with Gasteiger partial charge in [0.25, 0.3) is 0 Å². The molecule has 0 saturated heterocycles. The first-order valence-electron chi connectivity index (χ1n) is 33.3. The van der Waals surface area contributed by atoms with Crippen LogP contribution in [0.15, 0.2) is 36.5 Å². The molecule has 6 heteroatoms. The predicted molar refractivity (Wildman–Crippen MR) is 324 cm³/mol. The summed E-state index contributed by atoms with van der Waals surface area (Å²) in [5.41, 5.74) is 0. The molecular weight excluding hydrogens is 911 g/mol. The Kier molecular flexibility index (Phi) is 62.0. The third kappa shape index (κ3) is 59.3. The number of unbranched alkanes of at least 4 members (excludes halogenated alkanes) is 47. The second-order valence-corrected chi connectivity index (χ2v) is 22.8. The Balaban J connectivity index is 3.42. The molecule has 0 spiro atoms. The molecule has 1 amide bonds. The van der Waals surface area contributed by atoms with Gasteiger partial charge in [-0.2, -0.15) is 0 Å². The first-order chi connectivity index (χ1) is 36.5. The summed E-state index contributed by atoms with van der Waals surface area (Å²) in [6.45, 7) is 4.92. The number of aliphatic hydroxyl groups is 2. The molecule has 6 nitrogen and oxygen atoms in total. The first-order valence-corrected chi connectivity index (χ1v) is 33.3. The van der Waals surface area contributed by atoms with Crippen LogP contribution in [-0.2, 0) is 14.3 Å². The summed E-state index contributed by atoms with van der Waals surface area (Å²) in [4.78, 5) is 24.6. The smallest absolute Gasteiger partial charge is 0.305 e. The maximum atomic E-state index is 12.5. The molecule has 2 atom stereocenters. The standard InChI is InChI=1S/C68H129NO5/c1-3-5-7-9-11-13-15-17-19-20-31-34-38-42-46-50-54-58-62-68(73)74-63-59-55-51-47-43-39-35-32-29-27-25-23-21-22-24-26-28-30-33-37-41-45-49-53-57-61-67(72)69-65(64-70)66(71)60-56-52-48-44-40-36-18-16-14-12-10-8-6-4-2/h22-25,56,60,65-66,70-71H,3-21,26-55,57-59,61-64H2,1-2H3,(H,69,72)/b24-22-,25-23-,60-56+. The highest BCUT2D eigenvalue weighted by Crippen LogP contribution is 2.18. The summed E-state index contributed by atoms with van der Waals surface area (Å²) >= 11 is 0. The zero-order valence-electron chi connectivity index (χ0n) is 49.8. The molecular formula is C68H129NO5. The van der Waals surface area contributed by atoms with E-state index in [0.29, 0.717) is 19.4 Å². The third-order valence-corrected chi connectivity index (χ3v) is 15.4. The predicted octanol–water partition coefficient (Wildman–Crippen LogP) is 21.1. The van der Waals surface area contributed by atoms with Crippen molar-refractivity contribution in [3.05, 3.63) is 36.5 Å². The van der Waals surface area contributed by atoms with E-state index in [0.717, 1.165) is 44.9 Å². The summed E-state index contributed by atoms with van der Waals surface area (Å²) < 4.78 is 5.50. The monoisotopic (exact) mass is 1040 g/mol. The van der Waals surface area contributed by atoms with Crippen LogP contribution in [0.1, 0.15) is 361 Å². The Morgan fingerprint density at radius 1 is 0.378 bits per heavy atom. The summed E-state index contributed by atoms with van der Waals surface area (Å²) in [7, 11) is 0. The van der Waals surface area contributed by atoms with Gasteiger partial charge in [-0.3, -0.25) is 9.59 Å². The number of amides is 1. The molecule has 0 aliphatic carbocycles. The van der Waals surface area contributed by atoms with Crippen molar-refractivity contribution in [2.24, 2.45) is 0 Å². The third-order valence-electron chi connectivity index (χ3n) is 15.4. The van der Waals surface area contributed by atoms with Crippen LogP contribution in [0.5, 0.6) is 0 Å². The maximum Gasteiger partial charge on any atom is 0.305 e. The number of nitrogens with one attached hydrogen (secondary N) is 1. The van der Waals surface area contributed by atoms with Crippen molar-refractivity contribution in [2.75, 3.05) is 13.2 Å². The van der Waals surface area contributed by atoms with Crippen LogP contribution in [0.25, 0.3) is 0 Å². The van der Waals surface area contributed by atoms with Crippen LogP contribution < -0.4 is 5.32 Å². The van der Waals surface area contributed by atoms with Crippen molar-refractivity contribution in [1.82, 2.24) is 5.32 Å². The highest BCUT2D eigenvalue weighted by molar-refractivity contribution is 5.76. The Morgan fingerprint density at radius 3 is 1.03 bits per heavy atom. The van der Waals surface area contributed by atoms with Crippen LogP contribution in [0.4, 0.5) is 0 Å². The van der Waals surface area contributed by atoms with E-state index >= 15 is 0 Å². The lowest BCUT2D eigenvalue weighted by Crippen LogP contribution is -2.45. The van der Waals surface area contributed by atoms with Gasteiger partial charge in [-0.25, -0.2) is 0 Å². The van der Waals surface area contributed by atoms with E-state index in [2.05, 4.69) is 43.5 Å². The van der Waals surface area contributed by atoms with Crippen LogP contribution in [-0.4, -0.2) is 47.4 Å². The second-order valence-electron chi connectivity index (χ2n) is 22.8. The fourth-order valence-electron chi connectivity index (χ4n) is 10.3. The fourth-order valence-corrected chi connectivity index (χ4v) is 10.3. The minimum Gasteiger partial charge on any atom is -0.466 e. The van der Waals surface area contributed by atoms with Crippen molar-refractivity contribution in [3.8, 4) is 0 Å². The van der Waals surface area contributed by atoms with Gasteiger partial charge in [-0.05, 0) is 64.2 Å². The zero-order valence-corrected chi connectivity index (χ0v) is 49.8. The van der Waals surface area contributed by atoms with Crippen molar-refractivity contribution < 1.29 is 24.5 Å². The quantitative estimate of drug-likeness (QED) is 0.0320. The number of allylic oxidation sites excluding steroid dienone is 5. The van der Waals surface area contributed by atoms with Crippen LogP contribution in [0.2, 0.25) is 0 Å². The van der Waals surface area contributed by atoms with Gasteiger partial charge in [0.15, 0.2) is 0 Å². The van der Waals surface area contributed by atoms with E-state index < -0.39 is 12.1 Å². The van der Waals surface area contributed by atoms with Gasteiger partial charge in [0.05, 0.1) is 25.4 Å². The topological polar surface area (TPSA) is 95.9 Å². The molecule has 0 aliphatic rings. The number of carbonyl (C=O) groups excluding carboxylic acids is 2. The van der Waals surface area contributed by atoms with Gasteiger partial charge < -0.3 is 20.3 Å². The van der Waals surface area contributed by atoms with Crippen molar-refractivity contribution >= 4 is 11.9 Å². The molecule has 0 aromatic carbocycles. The van der Waals surface area contributed by atoms with E-state index in [9.17, 15) is 19.8 Å². The summed E-state index contributed by atoms with van der Waals surface area (Å²) in [6, 6.07) is -0.632. The lowest BCUT2D eigenvalue weighted by molar-refractivity contribution is -0.143. The highest BCUT2D eigenvalue weighted by atomic mass is 16.5.